The third kappa shape index (κ3) is 2.69. The number of carbonyl (C=O) groups is 1. The first-order valence-electron chi connectivity index (χ1n) is 5.32. The molecular formula is C10H12F3N3OS. The highest BCUT2D eigenvalue weighted by molar-refractivity contribution is 7.18. The lowest BCUT2D eigenvalue weighted by atomic mass is 10.1. The number of primary amides is 1. The van der Waals surface area contributed by atoms with Crippen molar-refractivity contribution in [2.75, 3.05) is 17.6 Å². The predicted molar refractivity (Wildman–Crippen MR) is 63.8 cm³/mol. The molecule has 1 aromatic rings. The predicted octanol–water partition coefficient (Wildman–Crippen LogP) is 2.28. The van der Waals surface area contributed by atoms with Crippen LogP contribution in [0.5, 0.6) is 0 Å². The topological polar surface area (TPSA) is 81.1 Å². The molecule has 0 unspecified atom stereocenters. The van der Waals surface area contributed by atoms with Gasteiger partial charge in [-0.15, -0.1) is 11.3 Å². The molecule has 1 aliphatic carbocycles. The Morgan fingerprint density at radius 3 is 2.50 bits per heavy atom. The molecular weight excluding hydrogens is 267 g/mol. The van der Waals surface area contributed by atoms with Gasteiger partial charge in [0.25, 0.3) is 5.91 Å². The van der Waals surface area contributed by atoms with E-state index in [4.69, 9.17) is 11.5 Å². The Kier molecular flexibility index (Phi) is 3.14. The highest BCUT2D eigenvalue weighted by Gasteiger charge is 2.34. The van der Waals surface area contributed by atoms with Crippen LogP contribution in [0.1, 0.15) is 34.0 Å². The van der Waals surface area contributed by atoms with Gasteiger partial charge in [-0.25, -0.2) is 0 Å². The second-order valence-corrected chi connectivity index (χ2v) is 5.22. The van der Waals surface area contributed by atoms with E-state index in [2.05, 4.69) is 5.32 Å². The maximum atomic E-state index is 12.2. The monoisotopic (exact) mass is 279 g/mol. The number of nitrogens with one attached hydrogen (secondary N) is 1. The van der Waals surface area contributed by atoms with Crippen molar-refractivity contribution in [3.05, 3.63) is 10.4 Å². The number of amides is 1. The van der Waals surface area contributed by atoms with E-state index in [1.165, 1.54) is 0 Å². The maximum Gasteiger partial charge on any atom is 0.405 e. The summed E-state index contributed by atoms with van der Waals surface area (Å²) in [6.07, 6.45) is -2.56. The number of nitrogens with two attached hydrogens (primary N) is 2. The van der Waals surface area contributed by atoms with Crippen molar-refractivity contribution in [2.45, 2.75) is 24.9 Å². The summed E-state index contributed by atoms with van der Waals surface area (Å²) in [5, 5.41) is 2.60. The summed E-state index contributed by atoms with van der Waals surface area (Å²) in [6, 6.07) is 0. The second kappa shape index (κ2) is 4.34. The van der Waals surface area contributed by atoms with Crippen LogP contribution >= 0.6 is 11.3 Å². The second-order valence-electron chi connectivity index (χ2n) is 4.19. The number of hydrogen-bond acceptors (Lipinski definition) is 4. The van der Waals surface area contributed by atoms with Gasteiger partial charge in [-0.1, -0.05) is 0 Å². The number of anilines is 2. The van der Waals surface area contributed by atoms with Crippen molar-refractivity contribution in [1.82, 2.24) is 0 Å². The Balaban J connectivity index is 2.28. The third-order valence-corrected chi connectivity index (χ3v) is 3.84. The first-order chi connectivity index (χ1) is 8.29. The molecule has 0 saturated heterocycles. The number of rotatable bonds is 4. The van der Waals surface area contributed by atoms with E-state index >= 15 is 0 Å². The van der Waals surface area contributed by atoms with Crippen molar-refractivity contribution in [2.24, 2.45) is 5.73 Å². The van der Waals surface area contributed by atoms with Gasteiger partial charge in [0.05, 0.1) is 10.7 Å². The zero-order valence-electron chi connectivity index (χ0n) is 9.30. The smallest absolute Gasteiger partial charge is 0.397 e. The van der Waals surface area contributed by atoms with Crippen LogP contribution in [-0.4, -0.2) is 18.6 Å². The molecule has 0 radical (unpaired) electrons. The van der Waals surface area contributed by atoms with E-state index in [-0.39, 0.29) is 16.5 Å². The van der Waals surface area contributed by atoms with Gasteiger partial charge in [-0.3, -0.25) is 4.79 Å². The van der Waals surface area contributed by atoms with Crippen LogP contribution in [0, 0.1) is 0 Å². The molecule has 100 valence electrons. The standard InChI is InChI=1S/C10H12F3N3OS/c11-10(12,13)3-16-9-5(4-1-2-4)6(14)7(18-9)8(15)17/h4,16H,1-3,14H2,(H2,15,17). The molecule has 1 heterocycles. The SMILES string of the molecule is NC(=O)c1sc(NCC(F)(F)F)c(C2CC2)c1N. The summed E-state index contributed by atoms with van der Waals surface area (Å²) in [5.74, 6) is -0.565. The summed E-state index contributed by atoms with van der Waals surface area (Å²) >= 11 is 0.893. The fourth-order valence-electron chi connectivity index (χ4n) is 1.73. The Labute approximate surface area is 105 Å². The summed E-state index contributed by atoms with van der Waals surface area (Å²) < 4.78 is 36.5. The Morgan fingerprint density at radius 2 is 2.06 bits per heavy atom. The number of alkyl halides is 3. The van der Waals surface area contributed by atoms with E-state index < -0.39 is 18.6 Å². The molecule has 1 saturated carbocycles. The van der Waals surface area contributed by atoms with Crippen molar-refractivity contribution in [3.63, 3.8) is 0 Å². The van der Waals surface area contributed by atoms with Gasteiger partial charge in [-0.05, 0) is 18.8 Å². The van der Waals surface area contributed by atoms with Gasteiger partial charge < -0.3 is 16.8 Å². The average molecular weight is 279 g/mol. The lowest BCUT2D eigenvalue weighted by Crippen LogP contribution is -2.21. The van der Waals surface area contributed by atoms with Crippen LogP contribution in [0.25, 0.3) is 0 Å². The van der Waals surface area contributed by atoms with Gasteiger partial charge in [0.1, 0.15) is 11.4 Å². The molecule has 1 aliphatic rings. The van der Waals surface area contributed by atoms with Crippen LogP contribution in [0.3, 0.4) is 0 Å². The van der Waals surface area contributed by atoms with E-state index in [0.717, 1.165) is 24.2 Å². The van der Waals surface area contributed by atoms with Crippen LogP contribution in [-0.2, 0) is 0 Å². The number of thiophene rings is 1. The molecule has 4 nitrogen and oxygen atoms in total. The molecule has 1 aromatic heterocycles. The molecule has 0 aliphatic heterocycles. The number of carbonyl (C=O) groups excluding carboxylic acids is 1. The minimum Gasteiger partial charge on any atom is -0.397 e. The van der Waals surface area contributed by atoms with Crippen molar-refractivity contribution >= 4 is 27.9 Å². The maximum absolute atomic E-state index is 12.2. The van der Waals surface area contributed by atoms with Crippen LogP contribution < -0.4 is 16.8 Å². The molecule has 2 rings (SSSR count). The van der Waals surface area contributed by atoms with E-state index in [1.807, 2.05) is 0 Å². The average Bonchev–Trinajstić information content (AvgIpc) is 2.99. The van der Waals surface area contributed by atoms with Gasteiger partial charge >= 0.3 is 6.18 Å². The Bertz CT molecular complexity index is 479. The van der Waals surface area contributed by atoms with Gasteiger partial charge in [0.2, 0.25) is 0 Å². The van der Waals surface area contributed by atoms with Gasteiger partial charge in [0.15, 0.2) is 0 Å². The van der Waals surface area contributed by atoms with Crippen molar-refractivity contribution in [3.8, 4) is 0 Å². The quantitative estimate of drug-likeness (QED) is 0.791. The van der Waals surface area contributed by atoms with Crippen LogP contribution in [0.4, 0.5) is 23.9 Å². The molecule has 1 fully saturated rings. The normalized spacial score (nSPS) is 15.7. The molecule has 0 aromatic carbocycles. The molecule has 1 amide bonds. The van der Waals surface area contributed by atoms with Crippen LogP contribution in [0.2, 0.25) is 0 Å². The number of nitrogen functional groups attached to an aromatic ring is 1. The highest BCUT2D eigenvalue weighted by atomic mass is 32.1. The zero-order chi connectivity index (χ0) is 13.5. The largest absolute Gasteiger partial charge is 0.405 e. The lowest BCUT2D eigenvalue weighted by molar-refractivity contribution is -0.115. The molecule has 5 N–H and O–H groups in total. The first kappa shape index (κ1) is 13.0. The summed E-state index contributed by atoms with van der Waals surface area (Å²) in [4.78, 5) is 11.3. The summed E-state index contributed by atoms with van der Waals surface area (Å²) in [7, 11) is 0. The van der Waals surface area contributed by atoms with E-state index in [0.29, 0.717) is 10.6 Å². The lowest BCUT2D eigenvalue weighted by Gasteiger charge is -2.09. The summed E-state index contributed by atoms with van der Waals surface area (Å²) in [5.41, 5.74) is 11.7. The zero-order valence-corrected chi connectivity index (χ0v) is 10.1. The highest BCUT2D eigenvalue weighted by Crippen LogP contribution is 2.50. The Morgan fingerprint density at radius 1 is 1.44 bits per heavy atom. The molecule has 0 spiro atoms. The van der Waals surface area contributed by atoms with Gasteiger partial charge in [-0.2, -0.15) is 13.2 Å². The van der Waals surface area contributed by atoms with Crippen LogP contribution in [0.15, 0.2) is 0 Å². The molecule has 0 bridgehead atoms. The van der Waals surface area contributed by atoms with Crippen molar-refractivity contribution in [1.29, 1.82) is 0 Å². The fourth-order valence-corrected chi connectivity index (χ4v) is 2.78. The first-order valence-corrected chi connectivity index (χ1v) is 6.14. The van der Waals surface area contributed by atoms with Crippen molar-refractivity contribution < 1.29 is 18.0 Å². The Hall–Kier alpha value is -1.44. The minimum atomic E-state index is -4.31. The molecule has 18 heavy (non-hydrogen) atoms. The number of halogens is 3. The fraction of sp³-hybridized carbons (Fsp3) is 0.500. The third-order valence-electron chi connectivity index (χ3n) is 2.64. The minimum absolute atomic E-state index is 0.126. The van der Waals surface area contributed by atoms with E-state index in [9.17, 15) is 18.0 Å². The molecule has 8 heteroatoms. The molecule has 0 atom stereocenters. The summed E-state index contributed by atoms with van der Waals surface area (Å²) in [6.45, 7) is -1.15. The van der Waals surface area contributed by atoms with Gasteiger partial charge in [0, 0.05) is 5.56 Å². The number of hydrogen-bond donors (Lipinski definition) is 3. The van der Waals surface area contributed by atoms with E-state index in [1.54, 1.807) is 0 Å².